The Morgan fingerprint density at radius 3 is 2.71 bits per heavy atom. The molecule has 0 spiro atoms. The number of rotatable bonds is 3. The van der Waals surface area contributed by atoms with E-state index in [1.165, 1.54) is 0 Å². The zero-order valence-electron chi connectivity index (χ0n) is 11.1. The molecule has 0 saturated heterocycles. The fourth-order valence-electron chi connectivity index (χ4n) is 1.72. The van der Waals surface area contributed by atoms with Gasteiger partial charge in [0.1, 0.15) is 11.5 Å². The lowest BCUT2D eigenvalue weighted by Crippen LogP contribution is -2.14. The molecule has 0 aliphatic carbocycles. The van der Waals surface area contributed by atoms with Crippen molar-refractivity contribution < 1.29 is 4.79 Å². The van der Waals surface area contributed by atoms with Crippen molar-refractivity contribution in [3.63, 3.8) is 0 Å². The predicted octanol–water partition coefficient (Wildman–Crippen LogP) is 2.56. The molecule has 0 bridgehead atoms. The van der Waals surface area contributed by atoms with Crippen molar-refractivity contribution in [1.82, 2.24) is 19.3 Å². The van der Waals surface area contributed by atoms with Crippen molar-refractivity contribution in [2.24, 2.45) is 0 Å². The van der Waals surface area contributed by atoms with Crippen LogP contribution < -0.4 is 5.32 Å². The SMILES string of the molecule is Cc1nccc(C(=O)Nc2nc(-c3ccccc3)ns2)n1. The number of hydrogen-bond acceptors (Lipinski definition) is 6. The Morgan fingerprint density at radius 1 is 1.14 bits per heavy atom. The number of aryl methyl sites for hydroxylation is 1. The number of nitrogens with one attached hydrogen (secondary N) is 1. The Labute approximate surface area is 125 Å². The molecule has 7 heteroatoms. The van der Waals surface area contributed by atoms with Gasteiger partial charge in [0.05, 0.1) is 0 Å². The van der Waals surface area contributed by atoms with Crippen LogP contribution in [0.3, 0.4) is 0 Å². The van der Waals surface area contributed by atoms with Crippen LogP contribution in [0.2, 0.25) is 0 Å². The fraction of sp³-hybridized carbons (Fsp3) is 0.0714. The van der Waals surface area contributed by atoms with Crippen molar-refractivity contribution in [3.05, 3.63) is 54.1 Å². The van der Waals surface area contributed by atoms with Gasteiger partial charge in [-0.15, -0.1) is 0 Å². The van der Waals surface area contributed by atoms with Crippen LogP contribution in [-0.4, -0.2) is 25.2 Å². The molecule has 0 atom stereocenters. The van der Waals surface area contributed by atoms with Crippen LogP contribution >= 0.6 is 11.5 Å². The molecular weight excluding hydrogens is 286 g/mol. The standard InChI is InChI=1S/C14H11N5OS/c1-9-15-8-7-11(16-9)13(20)18-14-17-12(19-21-14)10-5-3-2-4-6-10/h2-8H,1H3,(H,17,18,19,20). The summed E-state index contributed by atoms with van der Waals surface area (Å²) in [4.78, 5) is 24.4. The summed E-state index contributed by atoms with van der Waals surface area (Å²) in [6.45, 7) is 1.73. The number of benzene rings is 1. The van der Waals surface area contributed by atoms with Crippen molar-refractivity contribution in [1.29, 1.82) is 0 Å². The molecule has 6 nitrogen and oxygen atoms in total. The van der Waals surface area contributed by atoms with Gasteiger partial charge in [-0.25, -0.2) is 9.97 Å². The lowest BCUT2D eigenvalue weighted by atomic mass is 10.2. The second-order valence-electron chi connectivity index (χ2n) is 4.23. The highest BCUT2D eigenvalue weighted by Gasteiger charge is 2.12. The molecule has 2 aromatic heterocycles. The van der Waals surface area contributed by atoms with Gasteiger partial charge in [0.2, 0.25) is 5.13 Å². The minimum atomic E-state index is -0.323. The number of anilines is 1. The van der Waals surface area contributed by atoms with E-state index in [1.54, 1.807) is 19.2 Å². The van der Waals surface area contributed by atoms with Crippen LogP contribution in [-0.2, 0) is 0 Å². The highest BCUT2D eigenvalue weighted by Crippen LogP contribution is 2.20. The van der Waals surface area contributed by atoms with E-state index in [1.807, 2.05) is 30.3 Å². The van der Waals surface area contributed by atoms with Gasteiger partial charge in [0, 0.05) is 23.3 Å². The number of nitrogens with zero attached hydrogens (tertiary/aromatic N) is 4. The third kappa shape index (κ3) is 3.09. The fourth-order valence-corrected chi connectivity index (χ4v) is 2.31. The average Bonchev–Trinajstić information content (AvgIpc) is 2.97. The molecule has 3 aromatic rings. The Morgan fingerprint density at radius 2 is 1.95 bits per heavy atom. The molecule has 21 heavy (non-hydrogen) atoms. The molecule has 1 amide bonds. The van der Waals surface area contributed by atoms with Crippen LogP contribution in [0.25, 0.3) is 11.4 Å². The van der Waals surface area contributed by atoms with E-state index < -0.39 is 0 Å². The molecule has 0 unspecified atom stereocenters. The Balaban J connectivity index is 1.77. The third-order valence-electron chi connectivity index (χ3n) is 2.69. The van der Waals surface area contributed by atoms with Gasteiger partial charge in [-0.2, -0.15) is 9.36 Å². The molecule has 0 aliphatic rings. The summed E-state index contributed by atoms with van der Waals surface area (Å²) in [6.07, 6.45) is 1.55. The molecule has 0 radical (unpaired) electrons. The summed E-state index contributed by atoms with van der Waals surface area (Å²) in [5.41, 5.74) is 1.21. The summed E-state index contributed by atoms with van der Waals surface area (Å²) in [6, 6.07) is 11.1. The largest absolute Gasteiger partial charge is 0.295 e. The molecule has 0 aliphatic heterocycles. The quantitative estimate of drug-likeness (QED) is 0.803. The van der Waals surface area contributed by atoms with Gasteiger partial charge in [-0.05, 0) is 13.0 Å². The molecule has 1 N–H and O–H groups in total. The first-order valence-corrected chi connectivity index (χ1v) is 7.00. The molecule has 104 valence electrons. The minimum Gasteiger partial charge on any atom is -0.295 e. The van der Waals surface area contributed by atoms with E-state index in [2.05, 4.69) is 24.6 Å². The monoisotopic (exact) mass is 297 g/mol. The summed E-state index contributed by atoms with van der Waals surface area (Å²) in [5, 5.41) is 3.13. The number of aromatic nitrogens is 4. The maximum absolute atomic E-state index is 12.0. The molecule has 3 rings (SSSR count). The van der Waals surface area contributed by atoms with E-state index in [-0.39, 0.29) is 5.91 Å². The van der Waals surface area contributed by atoms with Crippen LogP contribution in [0.15, 0.2) is 42.6 Å². The summed E-state index contributed by atoms with van der Waals surface area (Å²) >= 11 is 1.14. The van der Waals surface area contributed by atoms with Gasteiger partial charge in [-0.1, -0.05) is 30.3 Å². The van der Waals surface area contributed by atoms with Crippen LogP contribution in [0, 0.1) is 6.92 Å². The Kier molecular flexibility index (Phi) is 3.65. The smallest absolute Gasteiger partial charge is 0.276 e. The molecule has 0 fully saturated rings. The zero-order chi connectivity index (χ0) is 14.7. The number of carbonyl (C=O) groups is 1. The normalized spacial score (nSPS) is 10.3. The molecular formula is C14H11N5OS. The van der Waals surface area contributed by atoms with E-state index in [0.717, 1.165) is 17.1 Å². The first-order chi connectivity index (χ1) is 10.2. The van der Waals surface area contributed by atoms with Gasteiger partial charge in [0.25, 0.3) is 5.91 Å². The van der Waals surface area contributed by atoms with Gasteiger partial charge in [0.15, 0.2) is 5.82 Å². The van der Waals surface area contributed by atoms with Gasteiger partial charge >= 0.3 is 0 Å². The van der Waals surface area contributed by atoms with Gasteiger partial charge < -0.3 is 0 Å². The lowest BCUT2D eigenvalue weighted by Gasteiger charge is -2.00. The Bertz CT molecular complexity index is 772. The van der Waals surface area contributed by atoms with Crippen molar-refractivity contribution in [3.8, 4) is 11.4 Å². The number of amides is 1. The molecule has 1 aromatic carbocycles. The van der Waals surface area contributed by atoms with Crippen molar-refractivity contribution in [2.75, 3.05) is 5.32 Å². The van der Waals surface area contributed by atoms with Gasteiger partial charge in [-0.3, -0.25) is 10.1 Å². The van der Waals surface area contributed by atoms with E-state index in [9.17, 15) is 4.79 Å². The first kappa shape index (κ1) is 13.3. The highest BCUT2D eigenvalue weighted by atomic mass is 32.1. The maximum atomic E-state index is 12.0. The van der Waals surface area contributed by atoms with E-state index in [4.69, 9.17) is 0 Å². The van der Waals surface area contributed by atoms with Crippen molar-refractivity contribution >= 4 is 22.6 Å². The third-order valence-corrected chi connectivity index (χ3v) is 3.32. The Hall–Kier alpha value is -2.67. The zero-order valence-corrected chi connectivity index (χ0v) is 12.0. The molecule has 0 saturated carbocycles. The maximum Gasteiger partial charge on any atom is 0.276 e. The second-order valence-corrected chi connectivity index (χ2v) is 4.98. The molecule has 2 heterocycles. The minimum absolute atomic E-state index is 0.305. The number of carbonyl (C=O) groups excluding carboxylic acids is 1. The highest BCUT2D eigenvalue weighted by molar-refractivity contribution is 7.10. The van der Waals surface area contributed by atoms with E-state index >= 15 is 0 Å². The lowest BCUT2D eigenvalue weighted by molar-refractivity contribution is 0.102. The topological polar surface area (TPSA) is 80.7 Å². The summed E-state index contributed by atoms with van der Waals surface area (Å²) < 4.78 is 4.23. The van der Waals surface area contributed by atoms with Crippen LogP contribution in [0.1, 0.15) is 16.3 Å². The first-order valence-electron chi connectivity index (χ1n) is 6.22. The van der Waals surface area contributed by atoms with Crippen LogP contribution in [0.5, 0.6) is 0 Å². The van der Waals surface area contributed by atoms with Crippen molar-refractivity contribution in [2.45, 2.75) is 6.92 Å². The predicted molar refractivity (Wildman–Crippen MR) is 80.1 cm³/mol. The van der Waals surface area contributed by atoms with E-state index in [0.29, 0.717) is 22.5 Å². The second kappa shape index (κ2) is 5.76. The average molecular weight is 297 g/mol. The van der Waals surface area contributed by atoms with Crippen LogP contribution in [0.4, 0.5) is 5.13 Å². The number of hydrogen-bond donors (Lipinski definition) is 1. The summed E-state index contributed by atoms with van der Waals surface area (Å²) in [7, 11) is 0. The summed E-state index contributed by atoms with van der Waals surface area (Å²) in [5.74, 6) is 0.816.